The summed E-state index contributed by atoms with van der Waals surface area (Å²) in [6, 6.07) is 15.0. The number of hydrogen-bond donors (Lipinski definition) is 1. The van der Waals surface area contributed by atoms with Gasteiger partial charge in [-0.15, -0.1) is 0 Å². The Hall–Kier alpha value is -3.48. The lowest BCUT2D eigenvalue weighted by molar-refractivity contribution is -0.121. The summed E-state index contributed by atoms with van der Waals surface area (Å²) in [5.74, 6) is 0.239. The van der Waals surface area contributed by atoms with E-state index in [2.05, 4.69) is 15.5 Å². The Balaban J connectivity index is 1.49. The zero-order chi connectivity index (χ0) is 23.1. The van der Waals surface area contributed by atoms with E-state index >= 15 is 0 Å². The molecule has 0 aliphatic rings. The molecule has 1 amide bonds. The second-order valence-corrected chi connectivity index (χ2v) is 8.69. The van der Waals surface area contributed by atoms with Crippen LogP contribution in [0.15, 0.2) is 53.1 Å². The molecule has 0 radical (unpaired) electrons. The minimum Gasteiger partial charge on any atom is -0.460 e. The van der Waals surface area contributed by atoms with Crippen LogP contribution in [0.2, 0.25) is 0 Å². The van der Waals surface area contributed by atoms with Crippen molar-refractivity contribution >= 4 is 11.9 Å². The Morgan fingerprint density at radius 3 is 2.47 bits per heavy atom. The molecule has 0 unspecified atom stereocenters. The summed E-state index contributed by atoms with van der Waals surface area (Å²) in [6.45, 7) is 8.29. The minimum absolute atomic E-state index is 0.0700. The number of aryl methyl sites for hydroxylation is 2. The van der Waals surface area contributed by atoms with E-state index in [4.69, 9.17) is 9.26 Å². The van der Waals surface area contributed by atoms with E-state index in [1.54, 1.807) is 24.3 Å². The molecule has 0 fully saturated rings. The molecule has 0 bridgehead atoms. The summed E-state index contributed by atoms with van der Waals surface area (Å²) in [6.07, 6.45) is 1.05. The lowest BCUT2D eigenvalue weighted by atomic mass is 9.96. The van der Waals surface area contributed by atoms with Crippen molar-refractivity contribution < 1.29 is 18.8 Å². The number of benzene rings is 2. The summed E-state index contributed by atoms with van der Waals surface area (Å²) in [5.41, 5.74) is 2.89. The van der Waals surface area contributed by atoms with E-state index in [0.717, 1.165) is 5.56 Å². The number of carbonyl (C=O) groups excluding carboxylic acids is 2. The van der Waals surface area contributed by atoms with Crippen molar-refractivity contribution in [1.29, 1.82) is 0 Å². The maximum Gasteiger partial charge on any atom is 0.339 e. The fraction of sp³-hybridized carbons (Fsp3) is 0.360. The highest BCUT2D eigenvalue weighted by molar-refractivity contribution is 5.96. The number of hydrogen-bond acceptors (Lipinski definition) is 6. The Kier molecular flexibility index (Phi) is 7.41. The van der Waals surface area contributed by atoms with Gasteiger partial charge in [-0.25, -0.2) is 4.79 Å². The first-order valence-electron chi connectivity index (χ1n) is 10.7. The van der Waals surface area contributed by atoms with Gasteiger partial charge in [0.15, 0.2) is 5.82 Å². The molecule has 3 rings (SSSR count). The van der Waals surface area contributed by atoms with Crippen LogP contribution in [0.3, 0.4) is 0 Å². The largest absolute Gasteiger partial charge is 0.460 e. The molecule has 1 N–H and O–H groups in total. The van der Waals surface area contributed by atoms with Crippen LogP contribution < -0.4 is 5.32 Å². The maximum absolute atomic E-state index is 12.6. The van der Waals surface area contributed by atoms with E-state index < -0.39 is 5.97 Å². The van der Waals surface area contributed by atoms with Crippen molar-refractivity contribution in [2.24, 2.45) is 0 Å². The normalized spacial score (nSPS) is 11.2. The second-order valence-electron chi connectivity index (χ2n) is 8.69. The standard InChI is InChI=1S/C25H29N3O4/c1-17-9-11-18(12-10-17)13-14-21(29)26-15-16-31-23(30)20-8-6-5-7-19(20)22-27-24(28-32-22)25(2,3)4/h5-12H,13-16H2,1-4H3,(H,26,29). The zero-order valence-corrected chi connectivity index (χ0v) is 19.0. The Bertz CT molecular complexity index is 1070. The minimum atomic E-state index is -0.509. The van der Waals surface area contributed by atoms with Gasteiger partial charge in [-0.05, 0) is 31.0 Å². The molecule has 0 aliphatic carbocycles. The molecule has 7 heteroatoms. The van der Waals surface area contributed by atoms with Crippen LogP contribution in [-0.4, -0.2) is 35.2 Å². The van der Waals surface area contributed by atoms with Gasteiger partial charge in [-0.2, -0.15) is 4.98 Å². The fourth-order valence-electron chi connectivity index (χ4n) is 3.00. The van der Waals surface area contributed by atoms with Gasteiger partial charge in [0.1, 0.15) is 6.61 Å². The van der Waals surface area contributed by atoms with Gasteiger partial charge >= 0.3 is 5.97 Å². The van der Waals surface area contributed by atoms with Crippen LogP contribution in [0.5, 0.6) is 0 Å². The Labute approximate surface area is 188 Å². The number of carbonyl (C=O) groups is 2. The van der Waals surface area contributed by atoms with Crippen LogP contribution in [0, 0.1) is 6.92 Å². The van der Waals surface area contributed by atoms with Crippen molar-refractivity contribution in [3.8, 4) is 11.5 Å². The fourth-order valence-corrected chi connectivity index (χ4v) is 3.00. The first kappa shape index (κ1) is 23.2. The van der Waals surface area contributed by atoms with Crippen molar-refractivity contribution in [2.75, 3.05) is 13.2 Å². The number of aromatic nitrogens is 2. The summed E-state index contributed by atoms with van der Waals surface area (Å²) in [4.78, 5) is 29.1. The molecular formula is C25H29N3O4. The quantitative estimate of drug-likeness (QED) is 0.420. The van der Waals surface area contributed by atoms with Crippen LogP contribution in [0.25, 0.3) is 11.5 Å². The van der Waals surface area contributed by atoms with Gasteiger partial charge in [0, 0.05) is 11.8 Å². The van der Waals surface area contributed by atoms with Crippen molar-refractivity contribution in [3.63, 3.8) is 0 Å². The number of nitrogens with zero attached hydrogens (tertiary/aromatic N) is 2. The molecule has 32 heavy (non-hydrogen) atoms. The number of rotatable bonds is 8. The molecule has 0 aliphatic heterocycles. The van der Waals surface area contributed by atoms with Gasteiger partial charge in [-0.3, -0.25) is 4.79 Å². The first-order chi connectivity index (χ1) is 15.2. The zero-order valence-electron chi connectivity index (χ0n) is 19.0. The summed E-state index contributed by atoms with van der Waals surface area (Å²) < 4.78 is 10.7. The van der Waals surface area contributed by atoms with Crippen molar-refractivity contribution in [2.45, 2.75) is 46.0 Å². The molecule has 168 valence electrons. The van der Waals surface area contributed by atoms with E-state index in [9.17, 15) is 9.59 Å². The molecule has 2 aromatic carbocycles. The van der Waals surface area contributed by atoms with Crippen molar-refractivity contribution in [3.05, 3.63) is 71.0 Å². The van der Waals surface area contributed by atoms with E-state index in [1.165, 1.54) is 5.56 Å². The molecule has 0 atom stereocenters. The number of esters is 1. The Morgan fingerprint density at radius 1 is 1.06 bits per heavy atom. The lowest BCUT2D eigenvalue weighted by Crippen LogP contribution is -2.28. The third kappa shape index (κ3) is 6.26. The van der Waals surface area contributed by atoms with Crippen LogP contribution in [-0.2, 0) is 21.4 Å². The number of nitrogens with one attached hydrogen (secondary N) is 1. The van der Waals surface area contributed by atoms with Crippen LogP contribution in [0.4, 0.5) is 0 Å². The predicted octanol–water partition coefficient (Wildman–Crippen LogP) is 4.25. The predicted molar refractivity (Wildman–Crippen MR) is 121 cm³/mol. The van der Waals surface area contributed by atoms with Gasteiger partial charge in [0.05, 0.1) is 17.7 Å². The molecule has 7 nitrogen and oxygen atoms in total. The van der Waals surface area contributed by atoms with Gasteiger partial charge in [-0.1, -0.05) is 67.9 Å². The van der Waals surface area contributed by atoms with E-state index in [1.807, 2.05) is 52.0 Å². The monoisotopic (exact) mass is 435 g/mol. The Morgan fingerprint density at radius 2 is 1.78 bits per heavy atom. The van der Waals surface area contributed by atoms with Crippen LogP contribution in [0.1, 0.15) is 54.5 Å². The lowest BCUT2D eigenvalue weighted by Gasteiger charge is -2.11. The van der Waals surface area contributed by atoms with Crippen molar-refractivity contribution in [1.82, 2.24) is 15.5 Å². The van der Waals surface area contributed by atoms with Crippen LogP contribution >= 0.6 is 0 Å². The van der Waals surface area contributed by atoms with E-state index in [0.29, 0.717) is 29.8 Å². The molecule has 0 saturated carbocycles. The summed E-state index contributed by atoms with van der Waals surface area (Å²) in [7, 11) is 0. The van der Waals surface area contributed by atoms with Gasteiger partial charge in [0.2, 0.25) is 5.91 Å². The smallest absolute Gasteiger partial charge is 0.339 e. The highest BCUT2D eigenvalue weighted by atomic mass is 16.5. The topological polar surface area (TPSA) is 94.3 Å². The SMILES string of the molecule is Cc1ccc(CCC(=O)NCCOC(=O)c2ccccc2-c2nc(C(C)(C)C)no2)cc1. The molecule has 1 aromatic heterocycles. The van der Waals surface area contributed by atoms with Gasteiger partial charge < -0.3 is 14.6 Å². The highest BCUT2D eigenvalue weighted by Gasteiger charge is 2.24. The third-order valence-corrected chi connectivity index (χ3v) is 4.89. The van der Waals surface area contributed by atoms with E-state index in [-0.39, 0.29) is 30.4 Å². The number of amides is 1. The maximum atomic E-state index is 12.6. The summed E-state index contributed by atoms with van der Waals surface area (Å²) >= 11 is 0. The average Bonchev–Trinajstić information content (AvgIpc) is 3.27. The molecular weight excluding hydrogens is 406 g/mol. The molecule has 3 aromatic rings. The second kappa shape index (κ2) is 10.2. The summed E-state index contributed by atoms with van der Waals surface area (Å²) in [5, 5.41) is 6.80. The first-order valence-corrected chi connectivity index (χ1v) is 10.7. The molecule has 0 spiro atoms. The highest BCUT2D eigenvalue weighted by Crippen LogP contribution is 2.26. The molecule has 1 heterocycles. The number of ether oxygens (including phenoxy) is 1. The molecule has 0 saturated heterocycles. The average molecular weight is 436 g/mol. The van der Waals surface area contributed by atoms with Gasteiger partial charge in [0.25, 0.3) is 5.89 Å². The third-order valence-electron chi connectivity index (χ3n) is 4.89.